The number of carbonyl (C=O) groups excluding carboxylic acids is 1. The first-order chi connectivity index (χ1) is 8.77. The molecule has 0 aliphatic heterocycles. The molecule has 1 atom stereocenters. The highest BCUT2D eigenvalue weighted by atomic mass is 79.9. The highest BCUT2D eigenvalue weighted by Crippen LogP contribution is 2.28. The van der Waals surface area contributed by atoms with E-state index in [1.54, 1.807) is 0 Å². The van der Waals surface area contributed by atoms with Crippen molar-refractivity contribution in [1.29, 1.82) is 0 Å². The number of rotatable bonds is 5. The lowest BCUT2D eigenvalue weighted by atomic mass is 9.82. The smallest absolute Gasteiger partial charge is 0.239 e. The molecule has 0 aliphatic rings. The van der Waals surface area contributed by atoms with Gasteiger partial charge in [-0.15, -0.1) is 0 Å². The zero-order chi connectivity index (χ0) is 14.6. The third-order valence-electron chi connectivity index (χ3n) is 3.17. The van der Waals surface area contributed by atoms with Crippen LogP contribution in [0.5, 0.6) is 0 Å². The van der Waals surface area contributed by atoms with E-state index in [4.69, 9.17) is 10.8 Å². The summed E-state index contributed by atoms with van der Waals surface area (Å²) in [5.41, 5.74) is 7.60. The largest absolute Gasteiger partial charge is 0.394 e. The molecule has 4 nitrogen and oxygen atoms in total. The molecule has 1 aromatic rings. The monoisotopic (exact) mass is 328 g/mol. The van der Waals surface area contributed by atoms with Crippen LogP contribution in [0.15, 0.2) is 22.7 Å². The molecular weight excluding hydrogens is 308 g/mol. The molecule has 0 saturated heterocycles. The number of halogens is 1. The molecule has 1 rings (SSSR count). The van der Waals surface area contributed by atoms with Crippen molar-refractivity contribution in [1.82, 2.24) is 5.32 Å². The van der Waals surface area contributed by atoms with E-state index in [1.807, 2.05) is 19.1 Å². The number of aliphatic hydroxyl groups is 1. The Morgan fingerprint density at radius 1 is 1.53 bits per heavy atom. The maximum absolute atomic E-state index is 11.6. The van der Waals surface area contributed by atoms with Crippen LogP contribution >= 0.6 is 15.9 Å². The number of aryl methyl sites for hydroxylation is 1. The van der Waals surface area contributed by atoms with Crippen molar-refractivity contribution < 1.29 is 9.90 Å². The maximum Gasteiger partial charge on any atom is 0.239 e. The molecule has 0 aromatic heterocycles. The fourth-order valence-electron chi connectivity index (χ4n) is 1.94. The standard InChI is InChI=1S/C14H21BrN2O2/c1-9-4-5-10(15)6-11(9)14(2,3)8-17-13(19)12(16)7-18/h4-6,12,18H,7-8,16H2,1-3H3,(H,17,19). The second-order valence-electron chi connectivity index (χ2n) is 5.35. The van der Waals surface area contributed by atoms with E-state index in [0.717, 1.165) is 4.47 Å². The molecule has 1 unspecified atom stereocenters. The Balaban J connectivity index is 2.81. The summed E-state index contributed by atoms with van der Waals surface area (Å²) in [5.74, 6) is -0.330. The number of amides is 1. The van der Waals surface area contributed by atoms with Crippen LogP contribution in [0.3, 0.4) is 0 Å². The number of nitrogens with two attached hydrogens (primary N) is 1. The summed E-state index contributed by atoms with van der Waals surface area (Å²) in [6, 6.07) is 5.24. The zero-order valence-corrected chi connectivity index (χ0v) is 13.1. The highest BCUT2D eigenvalue weighted by Gasteiger charge is 2.24. The molecule has 0 saturated carbocycles. The first-order valence-corrected chi connectivity index (χ1v) is 6.98. The molecule has 0 radical (unpaired) electrons. The van der Waals surface area contributed by atoms with Gasteiger partial charge in [0.25, 0.3) is 0 Å². The topological polar surface area (TPSA) is 75.4 Å². The summed E-state index contributed by atoms with van der Waals surface area (Å²) in [7, 11) is 0. The summed E-state index contributed by atoms with van der Waals surface area (Å²) in [6.45, 7) is 6.29. The van der Waals surface area contributed by atoms with Crippen LogP contribution < -0.4 is 11.1 Å². The number of benzene rings is 1. The Morgan fingerprint density at radius 3 is 2.74 bits per heavy atom. The first-order valence-electron chi connectivity index (χ1n) is 6.18. The molecule has 0 bridgehead atoms. The van der Waals surface area contributed by atoms with Gasteiger partial charge in [-0.1, -0.05) is 35.8 Å². The van der Waals surface area contributed by atoms with Gasteiger partial charge in [0.1, 0.15) is 6.04 Å². The van der Waals surface area contributed by atoms with Crippen molar-refractivity contribution in [2.45, 2.75) is 32.2 Å². The first kappa shape index (κ1) is 16.1. The summed E-state index contributed by atoms with van der Waals surface area (Å²) < 4.78 is 1.01. The van der Waals surface area contributed by atoms with Gasteiger partial charge in [-0.2, -0.15) is 0 Å². The van der Waals surface area contributed by atoms with Gasteiger partial charge in [0.05, 0.1) is 6.61 Å². The van der Waals surface area contributed by atoms with Gasteiger partial charge in [-0.05, 0) is 30.2 Å². The summed E-state index contributed by atoms with van der Waals surface area (Å²) in [6.07, 6.45) is 0. The molecule has 0 aliphatic carbocycles. The van der Waals surface area contributed by atoms with Gasteiger partial charge in [-0.25, -0.2) is 0 Å². The molecule has 4 N–H and O–H groups in total. The Kier molecular flexibility index (Phi) is 5.52. The molecule has 5 heteroatoms. The number of nitrogens with one attached hydrogen (secondary N) is 1. The van der Waals surface area contributed by atoms with Gasteiger partial charge >= 0.3 is 0 Å². The van der Waals surface area contributed by atoms with Crippen molar-refractivity contribution in [3.8, 4) is 0 Å². The molecule has 19 heavy (non-hydrogen) atoms. The molecular formula is C14H21BrN2O2. The predicted octanol–water partition coefficient (Wildman–Crippen LogP) is 1.47. The number of hydrogen-bond acceptors (Lipinski definition) is 3. The van der Waals surface area contributed by atoms with Crippen molar-refractivity contribution >= 4 is 21.8 Å². The minimum Gasteiger partial charge on any atom is -0.394 e. The van der Waals surface area contributed by atoms with Crippen molar-refractivity contribution in [2.75, 3.05) is 13.2 Å². The van der Waals surface area contributed by atoms with Crippen LogP contribution in [-0.2, 0) is 10.2 Å². The van der Waals surface area contributed by atoms with Gasteiger partial charge in [-0.3, -0.25) is 4.79 Å². The summed E-state index contributed by atoms with van der Waals surface area (Å²) in [4.78, 5) is 11.6. The maximum atomic E-state index is 11.6. The van der Waals surface area contributed by atoms with E-state index < -0.39 is 6.04 Å². The lowest BCUT2D eigenvalue weighted by Crippen LogP contribution is -2.46. The van der Waals surface area contributed by atoms with Crippen LogP contribution in [0, 0.1) is 6.92 Å². The highest BCUT2D eigenvalue weighted by molar-refractivity contribution is 9.10. The van der Waals surface area contributed by atoms with Gasteiger partial charge in [0, 0.05) is 16.4 Å². The van der Waals surface area contributed by atoms with E-state index in [-0.39, 0.29) is 17.9 Å². The molecule has 106 valence electrons. The number of hydrogen-bond donors (Lipinski definition) is 3. The minimum absolute atomic E-state index is 0.210. The van der Waals surface area contributed by atoms with Crippen LogP contribution in [0.4, 0.5) is 0 Å². The van der Waals surface area contributed by atoms with Gasteiger partial charge in [0.2, 0.25) is 5.91 Å². The Morgan fingerprint density at radius 2 is 2.16 bits per heavy atom. The van der Waals surface area contributed by atoms with E-state index >= 15 is 0 Å². The normalized spacial score (nSPS) is 13.2. The minimum atomic E-state index is -0.862. The zero-order valence-electron chi connectivity index (χ0n) is 11.5. The molecule has 0 spiro atoms. The fraction of sp³-hybridized carbons (Fsp3) is 0.500. The summed E-state index contributed by atoms with van der Waals surface area (Å²) >= 11 is 3.46. The third-order valence-corrected chi connectivity index (χ3v) is 3.66. The lowest BCUT2D eigenvalue weighted by molar-refractivity contribution is -0.123. The quantitative estimate of drug-likeness (QED) is 0.766. The Bertz CT molecular complexity index is 461. The number of carbonyl (C=O) groups is 1. The van der Waals surface area contributed by atoms with Crippen LogP contribution in [0.25, 0.3) is 0 Å². The molecule has 0 heterocycles. The molecule has 1 aromatic carbocycles. The Labute approximate surface area is 122 Å². The van der Waals surface area contributed by atoms with Crippen molar-refractivity contribution in [3.63, 3.8) is 0 Å². The van der Waals surface area contributed by atoms with E-state index in [0.29, 0.717) is 6.54 Å². The van der Waals surface area contributed by atoms with Crippen molar-refractivity contribution in [2.24, 2.45) is 5.73 Å². The third kappa shape index (κ3) is 4.30. The van der Waals surface area contributed by atoms with E-state index in [9.17, 15) is 4.79 Å². The second kappa shape index (κ2) is 6.50. The van der Waals surface area contributed by atoms with Gasteiger partial charge in [0.15, 0.2) is 0 Å². The average Bonchev–Trinajstić information content (AvgIpc) is 2.37. The second-order valence-corrected chi connectivity index (χ2v) is 6.27. The van der Waals surface area contributed by atoms with Gasteiger partial charge < -0.3 is 16.2 Å². The SMILES string of the molecule is Cc1ccc(Br)cc1C(C)(C)CNC(=O)C(N)CO. The molecule has 0 fully saturated rings. The van der Waals surface area contributed by atoms with Crippen LogP contribution in [0.2, 0.25) is 0 Å². The summed E-state index contributed by atoms with van der Waals surface area (Å²) in [5, 5.41) is 11.6. The van der Waals surface area contributed by atoms with Crippen molar-refractivity contribution in [3.05, 3.63) is 33.8 Å². The fourth-order valence-corrected chi connectivity index (χ4v) is 2.30. The van der Waals surface area contributed by atoms with E-state index in [1.165, 1.54) is 11.1 Å². The predicted molar refractivity (Wildman–Crippen MR) is 80.0 cm³/mol. The molecule has 1 amide bonds. The van der Waals surface area contributed by atoms with Crippen LogP contribution in [-0.4, -0.2) is 30.2 Å². The average molecular weight is 329 g/mol. The lowest BCUT2D eigenvalue weighted by Gasteiger charge is -2.28. The van der Waals surface area contributed by atoms with Crippen LogP contribution in [0.1, 0.15) is 25.0 Å². The van der Waals surface area contributed by atoms with E-state index in [2.05, 4.69) is 41.2 Å². The number of aliphatic hydroxyl groups excluding tert-OH is 1. The Hall–Kier alpha value is -0.910.